The van der Waals surface area contributed by atoms with Gasteiger partial charge in [0.2, 0.25) is 11.8 Å². The minimum absolute atomic E-state index is 0.0142. The van der Waals surface area contributed by atoms with Gasteiger partial charge in [-0.3, -0.25) is 38.6 Å². The lowest BCUT2D eigenvalue weighted by Gasteiger charge is -2.39. The minimum Gasteiger partial charge on any atom is -0.480 e. The number of carbonyl (C=O) groups excluding carboxylic acids is 6. The number of rotatable bonds is 15. The SMILES string of the molecule is CCC(C)C(C(=O)NC(C)Cc1ccccc1)N1C(=O)c2ccc3c4c(ccc(c24)C1=O)C(=O)N(C(C(=O)NC(Cc1ccccc1)C(=O)O)C(C)CC)C3=O. The van der Waals surface area contributed by atoms with Crippen molar-refractivity contribution in [3.8, 4) is 0 Å². The number of benzene rings is 4. The van der Waals surface area contributed by atoms with Gasteiger partial charge in [-0.15, -0.1) is 0 Å². The first kappa shape index (κ1) is 39.5. The molecule has 6 atom stereocenters. The van der Waals surface area contributed by atoms with E-state index < -0.39 is 71.4 Å². The van der Waals surface area contributed by atoms with Gasteiger partial charge in [0.1, 0.15) is 18.1 Å². The minimum atomic E-state index is -1.37. The molecule has 0 spiro atoms. The molecule has 0 bridgehead atoms. The van der Waals surface area contributed by atoms with Crippen LogP contribution >= 0.6 is 0 Å². The molecule has 12 nitrogen and oxygen atoms in total. The van der Waals surface area contributed by atoms with Gasteiger partial charge in [0, 0.05) is 45.5 Å². The molecule has 290 valence electrons. The van der Waals surface area contributed by atoms with Crippen LogP contribution in [0.15, 0.2) is 84.9 Å². The summed E-state index contributed by atoms with van der Waals surface area (Å²) in [6.45, 7) is 9.03. The molecule has 0 saturated carbocycles. The Labute approximate surface area is 325 Å². The quantitative estimate of drug-likeness (QED) is 0.135. The zero-order valence-electron chi connectivity index (χ0n) is 32.1. The van der Waals surface area contributed by atoms with Crippen molar-refractivity contribution in [2.24, 2.45) is 11.8 Å². The molecule has 2 aliphatic heterocycles. The summed E-state index contributed by atoms with van der Waals surface area (Å²) >= 11 is 0. The maximum Gasteiger partial charge on any atom is 0.326 e. The Morgan fingerprint density at radius 1 is 0.554 bits per heavy atom. The van der Waals surface area contributed by atoms with Crippen LogP contribution < -0.4 is 10.6 Å². The second-order valence-electron chi connectivity index (χ2n) is 14.9. The van der Waals surface area contributed by atoms with Crippen molar-refractivity contribution >= 4 is 52.2 Å². The molecule has 3 N–H and O–H groups in total. The number of aliphatic carboxylic acids is 1. The monoisotopic (exact) mass is 758 g/mol. The van der Waals surface area contributed by atoms with Crippen molar-refractivity contribution in [1.29, 1.82) is 0 Å². The summed E-state index contributed by atoms with van der Waals surface area (Å²) < 4.78 is 0. The normalized spacial score (nSPS) is 16.9. The van der Waals surface area contributed by atoms with Gasteiger partial charge in [-0.25, -0.2) is 4.79 Å². The van der Waals surface area contributed by atoms with Crippen molar-refractivity contribution in [1.82, 2.24) is 20.4 Å². The van der Waals surface area contributed by atoms with E-state index in [1.807, 2.05) is 44.2 Å². The maximum absolute atomic E-state index is 14.4. The van der Waals surface area contributed by atoms with Crippen molar-refractivity contribution in [3.63, 3.8) is 0 Å². The van der Waals surface area contributed by atoms with E-state index in [0.717, 1.165) is 15.4 Å². The van der Waals surface area contributed by atoms with Crippen LogP contribution in [0.2, 0.25) is 0 Å². The fraction of sp³-hybridized carbons (Fsp3) is 0.341. The van der Waals surface area contributed by atoms with Crippen LogP contribution in [0.5, 0.6) is 0 Å². The molecular formula is C44H46N4O8. The van der Waals surface area contributed by atoms with Gasteiger partial charge in [-0.05, 0) is 60.6 Å². The second kappa shape index (κ2) is 16.3. The Hall–Kier alpha value is -6.17. The van der Waals surface area contributed by atoms with Crippen LogP contribution in [0.25, 0.3) is 10.8 Å². The number of imide groups is 2. The average Bonchev–Trinajstić information content (AvgIpc) is 3.18. The molecule has 4 aromatic rings. The van der Waals surface area contributed by atoms with E-state index in [1.54, 1.807) is 51.1 Å². The maximum atomic E-state index is 14.4. The van der Waals surface area contributed by atoms with E-state index >= 15 is 0 Å². The molecule has 2 heterocycles. The summed E-state index contributed by atoms with van der Waals surface area (Å²) in [6, 6.07) is 19.9. The van der Waals surface area contributed by atoms with Crippen LogP contribution in [-0.4, -0.2) is 80.5 Å². The van der Waals surface area contributed by atoms with Gasteiger partial charge in [0.05, 0.1) is 0 Å². The number of carboxylic acid groups (broad SMARTS) is 1. The first-order valence-corrected chi connectivity index (χ1v) is 19.1. The van der Waals surface area contributed by atoms with E-state index in [-0.39, 0.29) is 45.5 Å². The highest BCUT2D eigenvalue weighted by Gasteiger charge is 2.47. The number of nitrogens with one attached hydrogen (secondary N) is 2. The van der Waals surface area contributed by atoms with Gasteiger partial charge in [0.15, 0.2) is 0 Å². The molecule has 12 heteroatoms. The van der Waals surface area contributed by atoms with Gasteiger partial charge in [0.25, 0.3) is 23.6 Å². The molecule has 0 fully saturated rings. The van der Waals surface area contributed by atoms with Crippen molar-refractivity contribution in [2.75, 3.05) is 0 Å². The third-order valence-corrected chi connectivity index (χ3v) is 11.1. The van der Waals surface area contributed by atoms with Crippen LogP contribution in [0.4, 0.5) is 0 Å². The molecule has 0 aliphatic carbocycles. The average molecular weight is 759 g/mol. The Bertz CT molecular complexity index is 2150. The summed E-state index contributed by atoms with van der Waals surface area (Å²) in [5.41, 5.74) is 1.85. The third kappa shape index (κ3) is 7.30. The zero-order valence-corrected chi connectivity index (χ0v) is 32.1. The molecular weight excluding hydrogens is 713 g/mol. The predicted octanol–water partition coefficient (Wildman–Crippen LogP) is 5.42. The summed E-state index contributed by atoms with van der Waals surface area (Å²) in [5, 5.41) is 15.8. The molecule has 2 aliphatic rings. The van der Waals surface area contributed by atoms with E-state index in [4.69, 9.17) is 0 Å². The molecule has 6 rings (SSSR count). The fourth-order valence-electron chi connectivity index (χ4n) is 7.78. The lowest BCUT2D eigenvalue weighted by Crippen LogP contribution is -2.59. The summed E-state index contributed by atoms with van der Waals surface area (Å²) in [6.07, 6.45) is 1.39. The molecule has 0 radical (unpaired) electrons. The van der Waals surface area contributed by atoms with E-state index in [2.05, 4.69) is 10.6 Å². The highest BCUT2D eigenvalue weighted by atomic mass is 16.4. The highest BCUT2D eigenvalue weighted by molar-refractivity contribution is 6.34. The van der Waals surface area contributed by atoms with Crippen molar-refractivity contribution in [3.05, 3.63) is 118 Å². The van der Waals surface area contributed by atoms with E-state index in [9.17, 15) is 38.7 Å². The zero-order chi connectivity index (χ0) is 40.4. The Morgan fingerprint density at radius 3 is 1.27 bits per heavy atom. The predicted molar refractivity (Wildman–Crippen MR) is 209 cm³/mol. The van der Waals surface area contributed by atoms with Gasteiger partial charge >= 0.3 is 5.97 Å². The Balaban J connectivity index is 1.33. The van der Waals surface area contributed by atoms with Gasteiger partial charge in [-0.2, -0.15) is 0 Å². The summed E-state index contributed by atoms with van der Waals surface area (Å²) in [4.78, 5) is 99.6. The Kier molecular flexibility index (Phi) is 11.5. The molecule has 0 aromatic heterocycles. The second-order valence-corrected chi connectivity index (χ2v) is 14.9. The number of carbonyl (C=O) groups is 7. The van der Waals surface area contributed by atoms with E-state index in [0.29, 0.717) is 24.8 Å². The Morgan fingerprint density at radius 2 is 0.911 bits per heavy atom. The van der Waals surface area contributed by atoms with Crippen LogP contribution in [-0.2, 0) is 27.2 Å². The fourth-order valence-corrected chi connectivity index (χ4v) is 7.78. The van der Waals surface area contributed by atoms with Crippen molar-refractivity contribution < 1.29 is 38.7 Å². The number of hydrogen-bond acceptors (Lipinski definition) is 7. The van der Waals surface area contributed by atoms with Crippen LogP contribution in [0, 0.1) is 11.8 Å². The molecule has 4 aromatic carbocycles. The van der Waals surface area contributed by atoms with Gasteiger partial charge < -0.3 is 15.7 Å². The van der Waals surface area contributed by atoms with Gasteiger partial charge in [-0.1, -0.05) is 101 Å². The van der Waals surface area contributed by atoms with Crippen LogP contribution in [0.1, 0.15) is 100 Å². The molecule has 56 heavy (non-hydrogen) atoms. The first-order chi connectivity index (χ1) is 26.8. The summed E-state index contributed by atoms with van der Waals surface area (Å²) in [7, 11) is 0. The standard InChI is InChI=1S/C44H46N4O8/c1-6-24(3)36(38(49)45-26(5)22-27-14-10-8-11-15-27)47-40(51)29-18-20-31-35-32(21-19-30(34(29)35)41(47)52)43(54)48(42(31)53)37(25(4)7-2)39(50)46-33(44(55)56)23-28-16-12-9-13-17-28/h8-21,24-26,33,36-37H,6-7,22-23H2,1-5H3,(H,45,49)(H,46,50)(H,55,56). The van der Waals surface area contributed by atoms with Crippen molar-refractivity contribution in [2.45, 2.75) is 84.5 Å². The number of nitrogens with zero attached hydrogens (tertiary/aromatic N) is 2. The molecule has 0 saturated heterocycles. The molecule has 6 unspecified atom stereocenters. The smallest absolute Gasteiger partial charge is 0.326 e. The third-order valence-electron chi connectivity index (χ3n) is 11.1. The molecule has 6 amide bonds. The van der Waals surface area contributed by atoms with Crippen LogP contribution in [0.3, 0.4) is 0 Å². The first-order valence-electron chi connectivity index (χ1n) is 19.1. The van der Waals surface area contributed by atoms with E-state index in [1.165, 1.54) is 24.3 Å². The number of carboxylic acids is 1. The topological polar surface area (TPSA) is 170 Å². The highest BCUT2D eigenvalue weighted by Crippen LogP contribution is 2.40. The summed E-state index contributed by atoms with van der Waals surface area (Å²) in [5.74, 6) is -6.59. The lowest BCUT2D eigenvalue weighted by molar-refractivity contribution is -0.142. The largest absolute Gasteiger partial charge is 0.480 e. The lowest BCUT2D eigenvalue weighted by atomic mass is 9.83. The number of amides is 6. The number of hydrogen-bond donors (Lipinski definition) is 3.